The summed E-state index contributed by atoms with van der Waals surface area (Å²) in [6, 6.07) is 9.07. The van der Waals surface area contributed by atoms with Crippen LogP contribution in [0.25, 0.3) is 0 Å². The molecule has 0 bridgehead atoms. The number of carbonyl (C=O) groups is 1. The van der Waals surface area contributed by atoms with Gasteiger partial charge in [-0.3, -0.25) is 4.79 Å². The second kappa shape index (κ2) is 10.4. The fraction of sp³-hybridized carbons (Fsp3) is 0.381. The van der Waals surface area contributed by atoms with Crippen LogP contribution >= 0.6 is 0 Å². The molecular formula is C21H27NO6. The number of methoxy groups -OCH3 is 4. The average molecular weight is 389 g/mol. The van der Waals surface area contributed by atoms with Crippen LogP contribution < -0.4 is 24.3 Å². The molecule has 0 aliphatic heterocycles. The van der Waals surface area contributed by atoms with Crippen molar-refractivity contribution in [2.24, 2.45) is 0 Å². The first-order valence-electron chi connectivity index (χ1n) is 8.88. The maximum Gasteiger partial charge on any atom is 0.224 e. The number of amides is 1. The molecule has 2 aromatic rings. The zero-order chi connectivity index (χ0) is 20.5. The summed E-state index contributed by atoms with van der Waals surface area (Å²) in [5.41, 5.74) is 2.36. The van der Waals surface area contributed by atoms with Gasteiger partial charge in [0.15, 0.2) is 23.0 Å². The van der Waals surface area contributed by atoms with Gasteiger partial charge in [-0.25, -0.2) is 0 Å². The highest BCUT2D eigenvalue weighted by Crippen LogP contribution is 2.31. The number of nitrogens with one attached hydrogen (secondary N) is 1. The SMILES string of the molecule is COc1ccc(CCNC(=O)Cc2cc(OC)c(OC)cc2CO)cc1OC. The van der Waals surface area contributed by atoms with Crippen LogP contribution in [0.5, 0.6) is 23.0 Å². The highest BCUT2D eigenvalue weighted by molar-refractivity contribution is 5.79. The summed E-state index contributed by atoms with van der Waals surface area (Å²) >= 11 is 0. The molecule has 0 radical (unpaired) electrons. The molecule has 0 heterocycles. The molecule has 1 amide bonds. The Morgan fingerprint density at radius 2 is 1.43 bits per heavy atom. The Bertz CT molecular complexity index is 806. The van der Waals surface area contributed by atoms with Crippen molar-refractivity contribution in [1.82, 2.24) is 5.32 Å². The number of ether oxygens (including phenoxy) is 4. The lowest BCUT2D eigenvalue weighted by Crippen LogP contribution is -2.27. The van der Waals surface area contributed by atoms with Gasteiger partial charge in [-0.2, -0.15) is 0 Å². The predicted octanol–water partition coefficient (Wildman–Crippen LogP) is 2.11. The number of rotatable bonds is 10. The Morgan fingerprint density at radius 3 is 2.00 bits per heavy atom. The summed E-state index contributed by atoms with van der Waals surface area (Å²) in [6.07, 6.45) is 0.799. The normalized spacial score (nSPS) is 10.3. The van der Waals surface area contributed by atoms with Crippen molar-refractivity contribution in [1.29, 1.82) is 0 Å². The first-order valence-corrected chi connectivity index (χ1v) is 8.88. The first kappa shape index (κ1) is 21.4. The third-order valence-corrected chi connectivity index (χ3v) is 4.41. The summed E-state index contributed by atoms with van der Waals surface area (Å²) in [7, 11) is 6.24. The summed E-state index contributed by atoms with van der Waals surface area (Å²) in [5.74, 6) is 2.23. The van der Waals surface area contributed by atoms with Crippen LogP contribution in [0.4, 0.5) is 0 Å². The first-order chi connectivity index (χ1) is 13.6. The van der Waals surface area contributed by atoms with E-state index in [1.54, 1.807) is 26.4 Å². The minimum Gasteiger partial charge on any atom is -0.493 e. The molecule has 2 rings (SSSR count). The fourth-order valence-electron chi connectivity index (χ4n) is 2.89. The lowest BCUT2D eigenvalue weighted by Gasteiger charge is -2.14. The van der Waals surface area contributed by atoms with Gasteiger partial charge in [0.1, 0.15) is 0 Å². The molecule has 0 spiro atoms. The van der Waals surface area contributed by atoms with Gasteiger partial charge in [0.05, 0.1) is 41.5 Å². The van der Waals surface area contributed by atoms with Gasteiger partial charge < -0.3 is 29.4 Å². The molecule has 0 unspecified atom stereocenters. The van der Waals surface area contributed by atoms with Crippen LogP contribution in [0.3, 0.4) is 0 Å². The lowest BCUT2D eigenvalue weighted by molar-refractivity contribution is -0.120. The van der Waals surface area contributed by atoms with Gasteiger partial charge in [0, 0.05) is 6.54 Å². The van der Waals surface area contributed by atoms with E-state index in [1.165, 1.54) is 14.2 Å². The number of benzene rings is 2. The molecule has 7 nitrogen and oxygen atoms in total. The number of aliphatic hydroxyl groups is 1. The molecule has 7 heteroatoms. The zero-order valence-electron chi connectivity index (χ0n) is 16.7. The zero-order valence-corrected chi connectivity index (χ0v) is 16.7. The van der Waals surface area contributed by atoms with Crippen LogP contribution in [0.15, 0.2) is 30.3 Å². The Labute approximate surface area is 165 Å². The van der Waals surface area contributed by atoms with E-state index in [9.17, 15) is 9.90 Å². The van der Waals surface area contributed by atoms with Gasteiger partial charge in [0.2, 0.25) is 5.91 Å². The minimum absolute atomic E-state index is 0.137. The number of aliphatic hydroxyl groups excluding tert-OH is 1. The number of hydrogen-bond acceptors (Lipinski definition) is 6. The Kier molecular flexibility index (Phi) is 7.95. The molecule has 152 valence electrons. The van der Waals surface area contributed by atoms with Crippen LogP contribution in [0, 0.1) is 0 Å². The van der Waals surface area contributed by atoms with Crippen molar-refractivity contribution in [3.8, 4) is 23.0 Å². The maximum absolute atomic E-state index is 12.3. The Morgan fingerprint density at radius 1 is 0.857 bits per heavy atom. The molecule has 0 aromatic heterocycles. The predicted molar refractivity (Wildman–Crippen MR) is 105 cm³/mol. The van der Waals surface area contributed by atoms with Crippen LogP contribution in [-0.4, -0.2) is 46.0 Å². The smallest absolute Gasteiger partial charge is 0.224 e. The third-order valence-electron chi connectivity index (χ3n) is 4.41. The standard InChI is InChI=1S/C21H27NO6/c1-25-17-6-5-14(9-18(17)26-2)7-8-22-21(24)12-15-10-19(27-3)20(28-4)11-16(15)13-23/h5-6,9-11,23H,7-8,12-13H2,1-4H3,(H,22,24). The number of hydrogen-bond donors (Lipinski definition) is 2. The quantitative estimate of drug-likeness (QED) is 0.647. The molecule has 0 aliphatic rings. The van der Waals surface area contributed by atoms with Gasteiger partial charge in [-0.05, 0) is 47.4 Å². The highest BCUT2D eigenvalue weighted by atomic mass is 16.5. The van der Waals surface area contributed by atoms with Gasteiger partial charge in [0.25, 0.3) is 0 Å². The summed E-state index contributed by atoms with van der Waals surface area (Å²) in [4.78, 5) is 12.3. The van der Waals surface area contributed by atoms with E-state index in [0.717, 1.165) is 5.56 Å². The highest BCUT2D eigenvalue weighted by Gasteiger charge is 2.14. The topological polar surface area (TPSA) is 86.3 Å². The molecule has 0 fully saturated rings. The van der Waals surface area contributed by atoms with E-state index in [2.05, 4.69) is 5.32 Å². The third kappa shape index (κ3) is 5.29. The van der Waals surface area contributed by atoms with E-state index in [0.29, 0.717) is 47.1 Å². The van der Waals surface area contributed by atoms with E-state index in [1.807, 2.05) is 18.2 Å². The van der Waals surface area contributed by atoms with Crippen LogP contribution in [0.2, 0.25) is 0 Å². The van der Waals surface area contributed by atoms with Crippen molar-refractivity contribution in [3.05, 3.63) is 47.0 Å². The summed E-state index contributed by atoms with van der Waals surface area (Å²) < 4.78 is 21.0. The second-order valence-electron chi connectivity index (χ2n) is 6.10. The molecule has 0 saturated carbocycles. The maximum atomic E-state index is 12.3. The van der Waals surface area contributed by atoms with Crippen molar-refractivity contribution in [3.63, 3.8) is 0 Å². The van der Waals surface area contributed by atoms with Crippen molar-refractivity contribution in [2.45, 2.75) is 19.4 Å². The van der Waals surface area contributed by atoms with Crippen LogP contribution in [-0.2, 0) is 24.2 Å². The monoisotopic (exact) mass is 389 g/mol. The van der Waals surface area contributed by atoms with Crippen molar-refractivity contribution < 1.29 is 28.8 Å². The minimum atomic E-state index is -0.186. The molecule has 2 aromatic carbocycles. The van der Waals surface area contributed by atoms with Gasteiger partial charge in [-0.1, -0.05) is 6.07 Å². The molecule has 2 N–H and O–H groups in total. The molecule has 0 saturated heterocycles. The fourth-order valence-corrected chi connectivity index (χ4v) is 2.89. The van der Waals surface area contributed by atoms with E-state index in [-0.39, 0.29) is 18.9 Å². The number of carbonyl (C=O) groups excluding carboxylic acids is 1. The summed E-state index contributed by atoms with van der Waals surface area (Å²) in [5, 5.41) is 12.5. The summed E-state index contributed by atoms with van der Waals surface area (Å²) in [6.45, 7) is 0.296. The largest absolute Gasteiger partial charge is 0.493 e. The molecular weight excluding hydrogens is 362 g/mol. The van der Waals surface area contributed by atoms with Gasteiger partial charge >= 0.3 is 0 Å². The van der Waals surface area contributed by atoms with Gasteiger partial charge in [-0.15, -0.1) is 0 Å². The van der Waals surface area contributed by atoms with E-state index < -0.39 is 0 Å². The molecule has 0 atom stereocenters. The van der Waals surface area contributed by atoms with E-state index >= 15 is 0 Å². The Balaban J connectivity index is 1.97. The lowest BCUT2D eigenvalue weighted by atomic mass is 10.0. The molecule has 0 aliphatic carbocycles. The average Bonchev–Trinajstić information content (AvgIpc) is 2.73. The van der Waals surface area contributed by atoms with Crippen molar-refractivity contribution >= 4 is 5.91 Å². The van der Waals surface area contributed by atoms with E-state index in [4.69, 9.17) is 18.9 Å². The Hall–Kier alpha value is -2.93. The van der Waals surface area contributed by atoms with Crippen LogP contribution in [0.1, 0.15) is 16.7 Å². The van der Waals surface area contributed by atoms with Crippen molar-refractivity contribution in [2.75, 3.05) is 35.0 Å². The second-order valence-corrected chi connectivity index (χ2v) is 6.10. The molecule has 28 heavy (non-hydrogen) atoms.